The third-order valence-corrected chi connectivity index (χ3v) is 4.05. The number of benzene rings is 1. The lowest BCUT2D eigenvalue weighted by atomic mass is 10.1. The number of hydrogen-bond donors (Lipinski definition) is 2. The van der Waals surface area contributed by atoms with E-state index < -0.39 is 0 Å². The van der Waals surface area contributed by atoms with Crippen LogP contribution in [0.4, 0.5) is 5.69 Å². The van der Waals surface area contributed by atoms with E-state index in [1.165, 1.54) is 12.8 Å². The van der Waals surface area contributed by atoms with Crippen molar-refractivity contribution in [3.05, 3.63) is 29.8 Å². The van der Waals surface area contributed by atoms with E-state index in [0.717, 1.165) is 19.6 Å². The lowest BCUT2D eigenvalue weighted by Gasteiger charge is -2.28. The SMILES string of the molecule is CCN1CCCC1CN(C)C(=O)c1ccccc1NN. The highest BCUT2D eigenvalue weighted by Gasteiger charge is 2.26. The van der Waals surface area contributed by atoms with Crippen molar-refractivity contribution in [2.75, 3.05) is 32.1 Å². The largest absolute Gasteiger partial charge is 0.340 e. The molecular formula is C15H24N4O. The van der Waals surface area contributed by atoms with Crippen molar-refractivity contribution in [2.24, 2.45) is 5.84 Å². The smallest absolute Gasteiger partial charge is 0.255 e. The van der Waals surface area contributed by atoms with Crippen molar-refractivity contribution in [2.45, 2.75) is 25.8 Å². The Kier molecular flexibility index (Phi) is 4.98. The molecule has 1 fully saturated rings. The van der Waals surface area contributed by atoms with Crippen LogP contribution in [0.2, 0.25) is 0 Å². The Hall–Kier alpha value is -1.59. The molecule has 1 unspecified atom stereocenters. The van der Waals surface area contributed by atoms with E-state index in [1.807, 2.05) is 25.2 Å². The zero-order valence-corrected chi connectivity index (χ0v) is 12.3. The van der Waals surface area contributed by atoms with Crippen molar-refractivity contribution < 1.29 is 4.79 Å². The number of nitrogens with two attached hydrogens (primary N) is 1. The second-order valence-electron chi connectivity index (χ2n) is 5.30. The maximum Gasteiger partial charge on any atom is 0.255 e. The molecule has 1 atom stereocenters. The molecule has 110 valence electrons. The van der Waals surface area contributed by atoms with Gasteiger partial charge in [-0.05, 0) is 38.1 Å². The van der Waals surface area contributed by atoms with Gasteiger partial charge in [0.05, 0.1) is 11.3 Å². The monoisotopic (exact) mass is 276 g/mol. The normalized spacial score (nSPS) is 19.1. The fourth-order valence-corrected chi connectivity index (χ4v) is 2.92. The summed E-state index contributed by atoms with van der Waals surface area (Å²) in [5, 5.41) is 0. The number of carbonyl (C=O) groups is 1. The van der Waals surface area contributed by atoms with Crippen LogP contribution in [0.15, 0.2) is 24.3 Å². The van der Waals surface area contributed by atoms with Gasteiger partial charge in [0, 0.05) is 19.6 Å². The van der Waals surface area contributed by atoms with E-state index in [2.05, 4.69) is 17.2 Å². The molecule has 0 radical (unpaired) electrons. The molecule has 5 heteroatoms. The first kappa shape index (κ1) is 14.8. The van der Waals surface area contributed by atoms with Gasteiger partial charge >= 0.3 is 0 Å². The summed E-state index contributed by atoms with van der Waals surface area (Å²) >= 11 is 0. The minimum atomic E-state index is 0.0153. The molecule has 0 spiro atoms. The fraction of sp³-hybridized carbons (Fsp3) is 0.533. The third-order valence-electron chi connectivity index (χ3n) is 4.05. The number of para-hydroxylation sites is 1. The third kappa shape index (κ3) is 3.11. The van der Waals surface area contributed by atoms with E-state index >= 15 is 0 Å². The van der Waals surface area contributed by atoms with E-state index in [0.29, 0.717) is 17.3 Å². The molecule has 5 nitrogen and oxygen atoms in total. The molecule has 1 heterocycles. The summed E-state index contributed by atoms with van der Waals surface area (Å²) in [5.74, 6) is 5.48. The molecule has 1 saturated heterocycles. The number of likely N-dealkylation sites (N-methyl/N-ethyl adjacent to an activating group) is 2. The lowest BCUT2D eigenvalue weighted by Crippen LogP contribution is -2.41. The second-order valence-corrected chi connectivity index (χ2v) is 5.30. The van der Waals surface area contributed by atoms with E-state index in [9.17, 15) is 4.79 Å². The molecule has 1 aromatic carbocycles. The van der Waals surface area contributed by atoms with Crippen LogP contribution in [0, 0.1) is 0 Å². The molecule has 0 bridgehead atoms. The van der Waals surface area contributed by atoms with Gasteiger partial charge in [-0.25, -0.2) is 0 Å². The summed E-state index contributed by atoms with van der Waals surface area (Å²) in [6, 6.07) is 7.82. The van der Waals surface area contributed by atoms with Crippen molar-refractivity contribution >= 4 is 11.6 Å². The highest BCUT2D eigenvalue weighted by Crippen LogP contribution is 2.20. The molecule has 2 rings (SSSR count). The number of amides is 1. The fourth-order valence-electron chi connectivity index (χ4n) is 2.92. The topological polar surface area (TPSA) is 61.6 Å². The lowest BCUT2D eigenvalue weighted by molar-refractivity contribution is 0.0755. The number of likely N-dealkylation sites (tertiary alicyclic amines) is 1. The predicted molar refractivity (Wildman–Crippen MR) is 81.5 cm³/mol. The van der Waals surface area contributed by atoms with Gasteiger partial charge in [-0.15, -0.1) is 0 Å². The highest BCUT2D eigenvalue weighted by molar-refractivity contribution is 5.99. The van der Waals surface area contributed by atoms with Gasteiger partial charge in [0.2, 0.25) is 0 Å². The first-order valence-corrected chi connectivity index (χ1v) is 7.22. The van der Waals surface area contributed by atoms with Crippen molar-refractivity contribution in [3.8, 4) is 0 Å². The standard InChI is InChI=1S/C15H24N4O/c1-3-19-10-6-7-12(19)11-18(2)15(20)13-8-4-5-9-14(13)17-16/h4-5,8-9,12,17H,3,6-7,10-11,16H2,1-2H3. The molecule has 1 aromatic rings. The molecule has 0 saturated carbocycles. The van der Waals surface area contributed by atoms with Gasteiger partial charge in [0.15, 0.2) is 0 Å². The number of nitrogens with one attached hydrogen (secondary N) is 1. The van der Waals surface area contributed by atoms with Crippen LogP contribution in [0.1, 0.15) is 30.1 Å². The minimum Gasteiger partial charge on any atom is -0.340 e. The Morgan fingerprint density at radius 3 is 2.95 bits per heavy atom. The maximum atomic E-state index is 12.5. The number of hydrazine groups is 1. The minimum absolute atomic E-state index is 0.0153. The summed E-state index contributed by atoms with van der Waals surface area (Å²) in [4.78, 5) is 16.8. The van der Waals surface area contributed by atoms with Gasteiger partial charge in [0.25, 0.3) is 5.91 Å². The summed E-state index contributed by atoms with van der Waals surface area (Å²) < 4.78 is 0. The van der Waals surface area contributed by atoms with E-state index in [4.69, 9.17) is 5.84 Å². The van der Waals surface area contributed by atoms with Crippen LogP contribution in [0.3, 0.4) is 0 Å². The predicted octanol–water partition coefficient (Wildman–Crippen LogP) is 1.53. The maximum absolute atomic E-state index is 12.5. The van der Waals surface area contributed by atoms with Gasteiger partial charge < -0.3 is 10.3 Å². The Balaban J connectivity index is 2.05. The number of nitrogens with zero attached hydrogens (tertiary/aromatic N) is 2. The summed E-state index contributed by atoms with van der Waals surface area (Å²) in [5.41, 5.74) is 3.88. The zero-order chi connectivity index (χ0) is 14.5. The van der Waals surface area contributed by atoms with E-state index in [-0.39, 0.29) is 5.91 Å². The molecule has 20 heavy (non-hydrogen) atoms. The van der Waals surface area contributed by atoms with Crippen LogP contribution in [-0.2, 0) is 0 Å². The van der Waals surface area contributed by atoms with Crippen molar-refractivity contribution in [1.82, 2.24) is 9.80 Å². The Morgan fingerprint density at radius 1 is 1.50 bits per heavy atom. The van der Waals surface area contributed by atoms with Crippen LogP contribution < -0.4 is 11.3 Å². The molecule has 1 aliphatic rings. The van der Waals surface area contributed by atoms with Gasteiger partial charge in [-0.2, -0.15) is 0 Å². The number of nitrogen functional groups attached to an aromatic ring is 1. The second kappa shape index (κ2) is 6.72. The number of carbonyl (C=O) groups excluding carboxylic acids is 1. The number of rotatable bonds is 5. The van der Waals surface area contributed by atoms with Gasteiger partial charge in [-0.1, -0.05) is 19.1 Å². The van der Waals surface area contributed by atoms with Crippen LogP contribution >= 0.6 is 0 Å². The molecular weight excluding hydrogens is 252 g/mol. The van der Waals surface area contributed by atoms with Gasteiger partial charge in [0.1, 0.15) is 0 Å². The van der Waals surface area contributed by atoms with Crippen LogP contribution in [-0.4, -0.2) is 48.4 Å². The van der Waals surface area contributed by atoms with Crippen molar-refractivity contribution in [3.63, 3.8) is 0 Å². The van der Waals surface area contributed by atoms with Gasteiger partial charge in [-0.3, -0.25) is 15.5 Å². The van der Waals surface area contributed by atoms with Crippen LogP contribution in [0.25, 0.3) is 0 Å². The Morgan fingerprint density at radius 2 is 2.25 bits per heavy atom. The number of anilines is 1. The molecule has 0 aromatic heterocycles. The average Bonchev–Trinajstić information content (AvgIpc) is 2.93. The summed E-state index contributed by atoms with van der Waals surface area (Å²) in [6.07, 6.45) is 2.39. The molecule has 1 aliphatic heterocycles. The quantitative estimate of drug-likeness (QED) is 0.632. The summed E-state index contributed by atoms with van der Waals surface area (Å²) in [6.45, 7) is 5.14. The average molecular weight is 276 g/mol. The molecule has 3 N–H and O–H groups in total. The van der Waals surface area contributed by atoms with Crippen molar-refractivity contribution in [1.29, 1.82) is 0 Å². The highest BCUT2D eigenvalue weighted by atomic mass is 16.2. The summed E-state index contributed by atoms with van der Waals surface area (Å²) in [7, 11) is 1.86. The van der Waals surface area contributed by atoms with Crippen LogP contribution in [0.5, 0.6) is 0 Å². The molecule has 0 aliphatic carbocycles. The number of hydrogen-bond acceptors (Lipinski definition) is 4. The Bertz CT molecular complexity index is 463. The van der Waals surface area contributed by atoms with E-state index in [1.54, 1.807) is 11.0 Å². The zero-order valence-electron chi connectivity index (χ0n) is 12.3. The molecule has 1 amide bonds. The Labute approximate surface area is 120 Å². The first-order valence-electron chi connectivity index (χ1n) is 7.22. The first-order chi connectivity index (χ1) is 9.67.